The molecule has 0 aromatic carbocycles. The molecule has 0 saturated heterocycles. The van der Waals surface area contributed by atoms with Crippen molar-refractivity contribution in [2.75, 3.05) is 0 Å². The summed E-state index contributed by atoms with van der Waals surface area (Å²) in [4.78, 5) is 4.29. The number of hydrogen-bond donors (Lipinski definition) is 0. The topological polar surface area (TPSA) is 12.9 Å². The van der Waals surface area contributed by atoms with E-state index in [0.717, 1.165) is 0 Å². The standard InChI is InChI=1S/C14H21N/c1-5-14(4)8-7-13(2,3)12-10-15-9-6-11(12)14/h6,9-10H,5,7-8H2,1-4H3. The number of fused-ring (bicyclic) bond motifs is 1. The second-order valence-electron chi connectivity index (χ2n) is 5.72. The lowest BCUT2D eigenvalue weighted by molar-refractivity contribution is 0.304. The Bertz CT molecular complexity index is 367. The van der Waals surface area contributed by atoms with Crippen LogP contribution in [0.5, 0.6) is 0 Å². The van der Waals surface area contributed by atoms with Crippen molar-refractivity contribution in [2.45, 2.75) is 57.8 Å². The first-order chi connectivity index (χ1) is 6.99. The van der Waals surface area contributed by atoms with Crippen molar-refractivity contribution in [1.29, 1.82) is 0 Å². The average molecular weight is 203 g/mol. The lowest BCUT2D eigenvalue weighted by Gasteiger charge is -2.42. The normalized spacial score (nSPS) is 28.5. The van der Waals surface area contributed by atoms with Crippen molar-refractivity contribution in [2.24, 2.45) is 0 Å². The molecule has 0 saturated carbocycles. The summed E-state index contributed by atoms with van der Waals surface area (Å²) in [5, 5.41) is 0. The van der Waals surface area contributed by atoms with Gasteiger partial charge in [0.05, 0.1) is 0 Å². The van der Waals surface area contributed by atoms with E-state index >= 15 is 0 Å². The summed E-state index contributed by atoms with van der Waals surface area (Å²) in [6.07, 6.45) is 7.81. The molecule has 0 bridgehead atoms. The third kappa shape index (κ3) is 1.58. The van der Waals surface area contributed by atoms with Gasteiger partial charge in [-0.1, -0.05) is 27.7 Å². The Balaban J connectivity index is 2.59. The van der Waals surface area contributed by atoms with Gasteiger partial charge in [0.1, 0.15) is 0 Å². The minimum atomic E-state index is 0.304. The fraction of sp³-hybridized carbons (Fsp3) is 0.643. The van der Waals surface area contributed by atoms with Crippen molar-refractivity contribution in [1.82, 2.24) is 4.98 Å². The van der Waals surface area contributed by atoms with Crippen LogP contribution >= 0.6 is 0 Å². The molecule has 1 aromatic heterocycles. The Morgan fingerprint density at radius 1 is 1.20 bits per heavy atom. The van der Waals surface area contributed by atoms with Gasteiger partial charge < -0.3 is 0 Å². The monoisotopic (exact) mass is 203 g/mol. The lowest BCUT2D eigenvalue weighted by Crippen LogP contribution is -2.35. The molecular formula is C14H21N. The van der Waals surface area contributed by atoms with Crippen LogP contribution in [0.3, 0.4) is 0 Å². The predicted octanol–water partition coefficient (Wildman–Crippen LogP) is 3.82. The summed E-state index contributed by atoms with van der Waals surface area (Å²) in [7, 11) is 0. The molecule has 0 N–H and O–H groups in total. The molecule has 1 atom stereocenters. The first-order valence-corrected chi connectivity index (χ1v) is 5.94. The maximum Gasteiger partial charge on any atom is 0.0308 e. The zero-order chi connectivity index (χ0) is 11.1. The first kappa shape index (κ1) is 10.7. The zero-order valence-electron chi connectivity index (χ0n) is 10.3. The summed E-state index contributed by atoms with van der Waals surface area (Å²) in [6, 6.07) is 2.22. The average Bonchev–Trinajstić information content (AvgIpc) is 2.25. The van der Waals surface area contributed by atoms with Crippen molar-refractivity contribution in [3.8, 4) is 0 Å². The Labute approximate surface area is 92.9 Å². The summed E-state index contributed by atoms with van der Waals surface area (Å²) < 4.78 is 0. The van der Waals surface area contributed by atoms with Gasteiger partial charge in [-0.15, -0.1) is 0 Å². The molecule has 2 rings (SSSR count). The minimum Gasteiger partial charge on any atom is -0.264 e. The number of rotatable bonds is 1. The molecule has 0 fully saturated rings. The molecule has 0 radical (unpaired) electrons. The van der Waals surface area contributed by atoms with E-state index in [4.69, 9.17) is 0 Å². The summed E-state index contributed by atoms with van der Waals surface area (Å²) in [5.74, 6) is 0. The van der Waals surface area contributed by atoms with Crippen LogP contribution in [-0.4, -0.2) is 4.98 Å². The Morgan fingerprint density at radius 2 is 1.93 bits per heavy atom. The fourth-order valence-corrected chi connectivity index (χ4v) is 2.69. The van der Waals surface area contributed by atoms with E-state index in [1.54, 1.807) is 0 Å². The SMILES string of the molecule is CCC1(C)CCC(C)(C)c2cnccc21. The van der Waals surface area contributed by atoms with E-state index in [2.05, 4.69) is 44.9 Å². The maximum atomic E-state index is 4.29. The van der Waals surface area contributed by atoms with Crippen LogP contribution in [0.4, 0.5) is 0 Å². The molecule has 1 nitrogen and oxygen atoms in total. The summed E-state index contributed by atoms with van der Waals surface area (Å²) in [5.41, 5.74) is 3.66. The third-order valence-electron chi connectivity index (χ3n) is 4.28. The van der Waals surface area contributed by atoms with E-state index in [-0.39, 0.29) is 0 Å². The smallest absolute Gasteiger partial charge is 0.0308 e. The van der Waals surface area contributed by atoms with Crippen LogP contribution in [0, 0.1) is 0 Å². The number of hydrogen-bond acceptors (Lipinski definition) is 1. The van der Waals surface area contributed by atoms with Gasteiger partial charge in [0.25, 0.3) is 0 Å². The fourth-order valence-electron chi connectivity index (χ4n) is 2.69. The molecule has 0 spiro atoms. The molecule has 1 aromatic rings. The van der Waals surface area contributed by atoms with Crippen LogP contribution in [0.1, 0.15) is 58.1 Å². The van der Waals surface area contributed by atoms with E-state index in [1.807, 2.05) is 6.20 Å². The van der Waals surface area contributed by atoms with E-state index < -0.39 is 0 Å². The number of pyridine rings is 1. The Hall–Kier alpha value is -0.850. The van der Waals surface area contributed by atoms with Crippen molar-refractivity contribution >= 4 is 0 Å². The van der Waals surface area contributed by atoms with Crippen LogP contribution in [0.2, 0.25) is 0 Å². The number of nitrogens with zero attached hydrogens (tertiary/aromatic N) is 1. The van der Waals surface area contributed by atoms with Gasteiger partial charge in [0.2, 0.25) is 0 Å². The molecule has 1 aliphatic rings. The predicted molar refractivity (Wildman–Crippen MR) is 64.1 cm³/mol. The largest absolute Gasteiger partial charge is 0.264 e. The van der Waals surface area contributed by atoms with Gasteiger partial charge in [-0.2, -0.15) is 0 Å². The zero-order valence-corrected chi connectivity index (χ0v) is 10.3. The molecular weight excluding hydrogens is 182 g/mol. The minimum absolute atomic E-state index is 0.304. The highest BCUT2D eigenvalue weighted by Gasteiger charge is 2.38. The van der Waals surface area contributed by atoms with Crippen molar-refractivity contribution < 1.29 is 0 Å². The highest BCUT2D eigenvalue weighted by atomic mass is 14.6. The molecule has 1 heteroatoms. The molecule has 82 valence electrons. The van der Waals surface area contributed by atoms with Crippen molar-refractivity contribution in [3.05, 3.63) is 29.6 Å². The lowest BCUT2D eigenvalue weighted by atomic mass is 9.62. The van der Waals surface area contributed by atoms with Gasteiger partial charge >= 0.3 is 0 Å². The molecule has 15 heavy (non-hydrogen) atoms. The second kappa shape index (κ2) is 3.33. The maximum absolute atomic E-state index is 4.29. The van der Waals surface area contributed by atoms with Crippen LogP contribution in [-0.2, 0) is 10.8 Å². The van der Waals surface area contributed by atoms with Gasteiger partial charge in [0, 0.05) is 12.4 Å². The summed E-state index contributed by atoms with van der Waals surface area (Å²) in [6.45, 7) is 9.36. The highest BCUT2D eigenvalue weighted by molar-refractivity contribution is 5.39. The van der Waals surface area contributed by atoms with Crippen molar-refractivity contribution in [3.63, 3.8) is 0 Å². The van der Waals surface area contributed by atoms with E-state index in [0.29, 0.717) is 10.8 Å². The van der Waals surface area contributed by atoms with Crippen LogP contribution < -0.4 is 0 Å². The van der Waals surface area contributed by atoms with E-state index in [1.165, 1.54) is 30.4 Å². The highest BCUT2D eigenvalue weighted by Crippen LogP contribution is 2.46. The first-order valence-electron chi connectivity index (χ1n) is 5.94. The number of aromatic nitrogens is 1. The second-order valence-corrected chi connectivity index (χ2v) is 5.72. The van der Waals surface area contributed by atoms with Gasteiger partial charge in [-0.25, -0.2) is 0 Å². The van der Waals surface area contributed by atoms with Crippen LogP contribution in [0.15, 0.2) is 18.5 Å². The van der Waals surface area contributed by atoms with E-state index in [9.17, 15) is 0 Å². The Kier molecular flexibility index (Phi) is 2.37. The molecule has 0 amide bonds. The van der Waals surface area contributed by atoms with Crippen LogP contribution in [0.25, 0.3) is 0 Å². The molecule has 0 aliphatic heterocycles. The van der Waals surface area contributed by atoms with Gasteiger partial charge in [0.15, 0.2) is 0 Å². The quantitative estimate of drug-likeness (QED) is 0.676. The summed E-state index contributed by atoms with van der Waals surface area (Å²) >= 11 is 0. The Morgan fingerprint density at radius 3 is 2.60 bits per heavy atom. The van der Waals surface area contributed by atoms with Gasteiger partial charge in [-0.3, -0.25) is 4.98 Å². The third-order valence-corrected chi connectivity index (χ3v) is 4.28. The van der Waals surface area contributed by atoms with Gasteiger partial charge in [-0.05, 0) is 47.3 Å². The molecule has 1 unspecified atom stereocenters. The molecule has 1 aliphatic carbocycles. The molecule has 1 heterocycles.